The normalized spacial score (nSPS) is 10.7. The van der Waals surface area contributed by atoms with Gasteiger partial charge in [0.1, 0.15) is 16.4 Å². The molecule has 0 bridgehead atoms. The maximum absolute atomic E-state index is 13.3. The summed E-state index contributed by atoms with van der Waals surface area (Å²) >= 11 is 7.32. The lowest BCUT2D eigenvalue weighted by Gasteiger charge is -2.08. The molecule has 0 aliphatic heterocycles. The average molecular weight is 394 g/mol. The van der Waals surface area contributed by atoms with Gasteiger partial charge in [0.25, 0.3) is 11.6 Å². The SMILES string of the molecule is O=C(NCCNc1ccccc1[N+](=O)[O-])c1sc2cc(F)ccc2c1Cl. The van der Waals surface area contributed by atoms with E-state index in [0.29, 0.717) is 27.2 Å². The zero-order valence-electron chi connectivity index (χ0n) is 13.3. The number of nitro groups is 1. The fourth-order valence-electron chi connectivity index (χ4n) is 2.42. The second-order valence-electron chi connectivity index (χ2n) is 5.34. The topological polar surface area (TPSA) is 84.3 Å². The van der Waals surface area contributed by atoms with Crippen molar-refractivity contribution in [1.29, 1.82) is 0 Å². The number of hydrogen-bond donors (Lipinski definition) is 2. The van der Waals surface area contributed by atoms with Crippen molar-refractivity contribution in [3.8, 4) is 0 Å². The number of hydrogen-bond acceptors (Lipinski definition) is 5. The summed E-state index contributed by atoms with van der Waals surface area (Å²) in [6.07, 6.45) is 0. The highest BCUT2D eigenvalue weighted by Crippen LogP contribution is 2.35. The van der Waals surface area contributed by atoms with E-state index in [4.69, 9.17) is 11.6 Å². The Bertz CT molecular complexity index is 993. The van der Waals surface area contributed by atoms with Gasteiger partial charge < -0.3 is 10.6 Å². The Balaban J connectivity index is 1.62. The van der Waals surface area contributed by atoms with E-state index in [2.05, 4.69) is 10.6 Å². The van der Waals surface area contributed by atoms with Gasteiger partial charge in [-0.3, -0.25) is 14.9 Å². The predicted octanol–water partition coefficient (Wildman–Crippen LogP) is 4.44. The van der Waals surface area contributed by atoms with Crippen molar-refractivity contribution in [2.45, 2.75) is 0 Å². The molecule has 3 rings (SSSR count). The Morgan fingerprint density at radius 2 is 2.00 bits per heavy atom. The van der Waals surface area contributed by atoms with Gasteiger partial charge in [0, 0.05) is 29.2 Å². The summed E-state index contributed by atoms with van der Waals surface area (Å²) in [5.41, 5.74) is 0.343. The third-order valence-corrected chi connectivity index (χ3v) is 5.28. The lowest BCUT2D eigenvalue weighted by atomic mass is 10.2. The largest absolute Gasteiger partial charge is 0.378 e. The first-order valence-electron chi connectivity index (χ1n) is 7.60. The Morgan fingerprint density at radius 3 is 2.77 bits per heavy atom. The number of benzene rings is 2. The molecule has 2 aromatic carbocycles. The molecule has 0 spiro atoms. The second-order valence-corrected chi connectivity index (χ2v) is 6.77. The summed E-state index contributed by atoms with van der Waals surface area (Å²) in [5, 5.41) is 17.5. The zero-order valence-corrected chi connectivity index (χ0v) is 14.9. The second kappa shape index (κ2) is 7.67. The number of carbonyl (C=O) groups excluding carboxylic acids is 1. The Morgan fingerprint density at radius 1 is 1.23 bits per heavy atom. The third-order valence-electron chi connectivity index (χ3n) is 3.62. The van der Waals surface area contributed by atoms with Crippen LogP contribution < -0.4 is 10.6 Å². The predicted molar refractivity (Wildman–Crippen MR) is 101 cm³/mol. The molecule has 134 valence electrons. The van der Waals surface area contributed by atoms with Gasteiger partial charge in [0.15, 0.2) is 0 Å². The highest BCUT2D eigenvalue weighted by molar-refractivity contribution is 7.21. The first kappa shape index (κ1) is 18.1. The molecule has 9 heteroatoms. The van der Waals surface area contributed by atoms with Crippen LogP contribution in [0.25, 0.3) is 10.1 Å². The molecule has 1 aromatic heterocycles. The Labute approximate surface area is 156 Å². The highest BCUT2D eigenvalue weighted by atomic mass is 35.5. The maximum Gasteiger partial charge on any atom is 0.292 e. The number of nitro benzene ring substituents is 1. The van der Waals surface area contributed by atoms with Gasteiger partial charge in [-0.1, -0.05) is 23.7 Å². The van der Waals surface area contributed by atoms with Crippen LogP contribution in [0.1, 0.15) is 9.67 Å². The molecular formula is C17H13ClFN3O3S. The van der Waals surface area contributed by atoms with Crippen LogP contribution in [0, 0.1) is 15.9 Å². The van der Waals surface area contributed by atoms with Gasteiger partial charge in [-0.05, 0) is 24.3 Å². The molecule has 1 heterocycles. The quantitative estimate of drug-likeness (QED) is 0.368. The van der Waals surface area contributed by atoms with E-state index in [0.717, 1.165) is 11.3 Å². The number of nitrogens with zero attached hydrogens (tertiary/aromatic N) is 1. The van der Waals surface area contributed by atoms with E-state index in [1.807, 2.05) is 0 Å². The minimum atomic E-state index is -0.475. The minimum absolute atomic E-state index is 0.0339. The molecule has 6 nitrogen and oxygen atoms in total. The Kier molecular flexibility index (Phi) is 5.34. The number of para-hydroxylation sites is 2. The summed E-state index contributed by atoms with van der Waals surface area (Å²) in [5.74, 6) is -0.767. The summed E-state index contributed by atoms with van der Waals surface area (Å²) in [7, 11) is 0. The molecule has 2 N–H and O–H groups in total. The molecule has 0 atom stereocenters. The molecule has 0 aliphatic carbocycles. The fourth-order valence-corrected chi connectivity index (χ4v) is 3.88. The van der Waals surface area contributed by atoms with Crippen molar-refractivity contribution in [3.05, 3.63) is 68.3 Å². The van der Waals surface area contributed by atoms with Crippen LogP contribution in [0.2, 0.25) is 5.02 Å². The molecule has 0 saturated heterocycles. The molecular weight excluding hydrogens is 381 g/mol. The van der Waals surface area contributed by atoms with Gasteiger partial charge >= 0.3 is 0 Å². The molecule has 0 radical (unpaired) electrons. The maximum atomic E-state index is 13.3. The summed E-state index contributed by atoms with van der Waals surface area (Å²) < 4.78 is 13.9. The number of rotatable bonds is 6. The standard InChI is InChI=1S/C17H13ClFN3O3S/c18-15-11-6-5-10(19)9-14(11)26-16(15)17(23)21-8-7-20-12-3-1-2-4-13(12)22(24)25/h1-6,9,20H,7-8H2,(H,21,23). The van der Waals surface area contributed by atoms with E-state index in [-0.39, 0.29) is 23.2 Å². The number of fused-ring (bicyclic) bond motifs is 1. The lowest BCUT2D eigenvalue weighted by molar-refractivity contribution is -0.384. The van der Waals surface area contributed by atoms with Crippen molar-refractivity contribution in [2.75, 3.05) is 18.4 Å². The minimum Gasteiger partial charge on any atom is -0.378 e. The van der Waals surface area contributed by atoms with Crippen LogP contribution in [0.15, 0.2) is 42.5 Å². The van der Waals surface area contributed by atoms with Gasteiger partial charge in [-0.25, -0.2) is 4.39 Å². The van der Waals surface area contributed by atoms with Crippen LogP contribution >= 0.6 is 22.9 Å². The molecule has 1 amide bonds. The average Bonchev–Trinajstić information content (AvgIpc) is 2.94. The summed E-state index contributed by atoms with van der Waals surface area (Å²) in [6, 6.07) is 10.4. The van der Waals surface area contributed by atoms with Crippen LogP contribution in [0.3, 0.4) is 0 Å². The lowest BCUT2D eigenvalue weighted by Crippen LogP contribution is -2.28. The molecule has 0 fully saturated rings. The van der Waals surface area contributed by atoms with Crippen molar-refractivity contribution in [1.82, 2.24) is 5.32 Å². The summed E-state index contributed by atoms with van der Waals surface area (Å²) in [6.45, 7) is 0.539. The Hall–Kier alpha value is -2.71. The van der Waals surface area contributed by atoms with Crippen LogP contribution in [0.4, 0.5) is 15.8 Å². The van der Waals surface area contributed by atoms with Crippen molar-refractivity contribution in [2.24, 2.45) is 0 Å². The number of halogens is 2. The number of amides is 1. The van der Waals surface area contributed by atoms with E-state index in [9.17, 15) is 19.3 Å². The van der Waals surface area contributed by atoms with E-state index in [1.54, 1.807) is 18.2 Å². The van der Waals surface area contributed by atoms with Crippen LogP contribution in [-0.4, -0.2) is 23.9 Å². The molecule has 0 unspecified atom stereocenters. The van der Waals surface area contributed by atoms with Crippen molar-refractivity contribution >= 4 is 50.3 Å². The number of anilines is 1. The van der Waals surface area contributed by atoms with Crippen LogP contribution in [-0.2, 0) is 0 Å². The van der Waals surface area contributed by atoms with E-state index in [1.165, 1.54) is 24.3 Å². The van der Waals surface area contributed by atoms with Gasteiger partial charge in [0.05, 0.1) is 9.95 Å². The van der Waals surface area contributed by atoms with Crippen molar-refractivity contribution < 1.29 is 14.1 Å². The zero-order chi connectivity index (χ0) is 18.7. The fraction of sp³-hybridized carbons (Fsp3) is 0.118. The van der Waals surface area contributed by atoms with Crippen LogP contribution in [0.5, 0.6) is 0 Å². The first-order valence-corrected chi connectivity index (χ1v) is 8.80. The molecule has 3 aromatic rings. The monoisotopic (exact) mass is 393 g/mol. The van der Waals surface area contributed by atoms with E-state index < -0.39 is 10.7 Å². The summed E-state index contributed by atoms with van der Waals surface area (Å²) in [4.78, 5) is 23.1. The molecule has 0 aliphatic rings. The van der Waals surface area contributed by atoms with Gasteiger partial charge in [0.2, 0.25) is 0 Å². The number of thiophene rings is 1. The van der Waals surface area contributed by atoms with Gasteiger partial charge in [-0.2, -0.15) is 0 Å². The third kappa shape index (κ3) is 3.76. The number of carbonyl (C=O) groups is 1. The van der Waals surface area contributed by atoms with Crippen molar-refractivity contribution in [3.63, 3.8) is 0 Å². The number of nitrogens with one attached hydrogen (secondary N) is 2. The first-order chi connectivity index (χ1) is 12.5. The molecule has 26 heavy (non-hydrogen) atoms. The molecule has 0 saturated carbocycles. The smallest absolute Gasteiger partial charge is 0.292 e. The van der Waals surface area contributed by atoms with Gasteiger partial charge in [-0.15, -0.1) is 11.3 Å². The van der Waals surface area contributed by atoms with E-state index >= 15 is 0 Å². The highest BCUT2D eigenvalue weighted by Gasteiger charge is 2.17.